The van der Waals surface area contributed by atoms with Crippen molar-refractivity contribution >= 4 is 23.1 Å². The number of benzene rings is 1. The number of hydrogen-bond donors (Lipinski definition) is 0. The standard InChI is InChI=1S/C22H21FN4O2S2/c1-14-4-9-19(29-14)21-24-17(12-30-21)13-31-22-26-25-20(15-5-7-16(23)8-6-15)27(22)11-18-3-2-10-28-18/h4-9,12,18H,2-3,10-11,13H2,1H3. The molecular formula is C22H21FN4O2S2. The molecule has 1 aliphatic rings. The number of aryl methyl sites for hydroxylation is 1. The van der Waals surface area contributed by atoms with E-state index < -0.39 is 0 Å². The van der Waals surface area contributed by atoms with E-state index in [4.69, 9.17) is 14.1 Å². The number of aromatic nitrogens is 4. The van der Waals surface area contributed by atoms with Gasteiger partial charge in [0.15, 0.2) is 21.7 Å². The molecule has 4 heterocycles. The summed E-state index contributed by atoms with van der Waals surface area (Å²) in [6, 6.07) is 10.2. The van der Waals surface area contributed by atoms with Gasteiger partial charge in [-0.15, -0.1) is 21.5 Å². The summed E-state index contributed by atoms with van der Waals surface area (Å²) in [7, 11) is 0. The Morgan fingerprint density at radius 1 is 1.19 bits per heavy atom. The van der Waals surface area contributed by atoms with Gasteiger partial charge in [-0.05, 0) is 56.2 Å². The van der Waals surface area contributed by atoms with E-state index in [1.807, 2.05) is 24.4 Å². The van der Waals surface area contributed by atoms with E-state index in [9.17, 15) is 4.39 Å². The molecule has 0 N–H and O–H groups in total. The first-order valence-electron chi connectivity index (χ1n) is 10.1. The summed E-state index contributed by atoms with van der Waals surface area (Å²) in [4.78, 5) is 4.70. The Hall–Kier alpha value is -2.49. The van der Waals surface area contributed by atoms with Crippen molar-refractivity contribution in [2.24, 2.45) is 0 Å². The van der Waals surface area contributed by atoms with Gasteiger partial charge in [0.2, 0.25) is 0 Å². The van der Waals surface area contributed by atoms with Crippen molar-refractivity contribution < 1.29 is 13.5 Å². The lowest BCUT2D eigenvalue weighted by Gasteiger charge is -2.14. The highest BCUT2D eigenvalue weighted by Crippen LogP contribution is 2.31. The summed E-state index contributed by atoms with van der Waals surface area (Å²) in [5, 5.41) is 12.6. The molecule has 31 heavy (non-hydrogen) atoms. The monoisotopic (exact) mass is 456 g/mol. The third-order valence-corrected chi connectivity index (χ3v) is 6.99. The zero-order chi connectivity index (χ0) is 21.2. The Morgan fingerprint density at radius 2 is 2.06 bits per heavy atom. The first kappa shape index (κ1) is 20.4. The predicted molar refractivity (Wildman–Crippen MR) is 119 cm³/mol. The lowest BCUT2D eigenvalue weighted by molar-refractivity contribution is 0.0953. The average molecular weight is 457 g/mol. The maximum Gasteiger partial charge on any atom is 0.191 e. The molecule has 160 valence electrons. The van der Waals surface area contributed by atoms with Gasteiger partial charge in [0.05, 0.1) is 18.3 Å². The molecule has 4 aromatic rings. The zero-order valence-corrected chi connectivity index (χ0v) is 18.6. The highest BCUT2D eigenvalue weighted by Gasteiger charge is 2.22. The van der Waals surface area contributed by atoms with Gasteiger partial charge >= 0.3 is 0 Å². The normalized spacial score (nSPS) is 16.3. The van der Waals surface area contributed by atoms with Gasteiger partial charge in [-0.25, -0.2) is 9.37 Å². The number of thioether (sulfide) groups is 1. The Morgan fingerprint density at radius 3 is 2.81 bits per heavy atom. The maximum atomic E-state index is 13.4. The van der Waals surface area contributed by atoms with E-state index in [1.165, 1.54) is 12.1 Å². The molecule has 1 unspecified atom stereocenters. The zero-order valence-electron chi connectivity index (χ0n) is 17.0. The van der Waals surface area contributed by atoms with E-state index in [2.05, 4.69) is 14.8 Å². The van der Waals surface area contributed by atoms with Crippen molar-refractivity contribution in [3.05, 3.63) is 59.0 Å². The minimum absolute atomic E-state index is 0.141. The molecule has 0 radical (unpaired) electrons. The summed E-state index contributed by atoms with van der Waals surface area (Å²) in [6.45, 7) is 3.39. The van der Waals surface area contributed by atoms with Crippen LogP contribution in [0.2, 0.25) is 0 Å². The van der Waals surface area contributed by atoms with Crippen LogP contribution < -0.4 is 0 Å². The molecule has 0 spiro atoms. The van der Waals surface area contributed by atoms with Crippen molar-refractivity contribution in [1.82, 2.24) is 19.7 Å². The molecule has 9 heteroatoms. The summed E-state index contributed by atoms with van der Waals surface area (Å²) in [6.07, 6.45) is 2.22. The van der Waals surface area contributed by atoms with Gasteiger partial charge in [-0.3, -0.25) is 4.57 Å². The summed E-state index contributed by atoms with van der Waals surface area (Å²) >= 11 is 3.16. The number of halogens is 1. The molecule has 1 fully saturated rings. The molecule has 0 aliphatic carbocycles. The van der Waals surface area contributed by atoms with Crippen molar-refractivity contribution in [3.63, 3.8) is 0 Å². The maximum absolute atomic E-state index is 13.4. The lowest BCUT2D eigenvalue weighted by Crippen LogP contribution is -2.16. The highest BCUT2D eigenvalue weighted by atomic mass is 32.2. The highest BCUT2D eigenvalue weighted by molar-refractivity contribution is 7.98. The third-order valence-electron chi connectivity index (χ3n) is 5.08. The van der Waals surface area contributed by atoms with Gasteiger partial charge in [-0.1, -0.05) is 11.8 Å². The SMILES string of the molecule is Cc1ccc(-c2nc(CSc3nnc(-c4ccc(F)cc4)n3CC3CCCO3)cs2)o1. The van der Waals surface area contributed by atoms with Crippen LogP contribution in [0.4, 0.5) is 4.39 Å². The van der Waals surface area contributed by atoms with Gasteiger partial charge in [0.1, 0.15) is 11.6 Å². The Labute approximate surface area is 187 Å². The number of rotatable bonds is 7. The van der Waals surface area contributed by atoms with Gasteiger partial charge < -0.3 is 9.15 Å². The molecule has 5 rings (SSSR count). The Kier molecular flexibility index (Phi) is 5.89. The van der Waals surface area contributed by atoms with Crippen molar-refractivity contribution in [2.75, 3.05) is 6.61 Å². The van der Waals surface area contributed by atoms with E-state index in [0.29, 0.717) is 12.3 Å². The number of thiazole rings is 1. The molecule has 0 bridgehead atoms. The topological polar surface area (TPSA) is 66.0 Å². The minimum atomic E-state index is -0.269. The van der Waals surface area contributed by atoms with Crippen LogP contribution >= 0.6 is 23.1 Å². The van der Waals surface area contributed by atoms with Crippen LogP contribution in [0.5, 0.6) is 0 Å². The molecular weight excluding hydrogens is 435 g/mol. The fourth-order valence-corrected chi connectivity index (χ4v) is 5.26. The fourth-order valence-electron chi connectivity index (χ4n) is 3.54. The molecule has 0 saturated carbocycles. The molecule has 1 atom stereocenters. The van der Waals surface area contributed by atoms with Crippen LogP contribution in [0.15, 0.2) is 51.4 Å². The minimum Gasteiger partial charge on any atom is -0.459 e. The van der Waals surface area contributed by atoms with Gasteiger partial charge in [0.25, 0.3) is 0 Å². The van der Waals surface area contributed by atoms with Crippen molar-refractivity contribution in [3.8, 4) is 22.2 Å². The second-order valence-electron chi connectivity index (χ2n) is 7.40. The third kappa shape index (κ3) is 4.58. The quantitative estimate of drug-likeness (QED) is 0.338. The number of hydrogen-bond acceptors (Lipinski definition) is 7. The molecule has 1 aliphatic heterocycles. The van der Waals surface area contributed by atoms with Crippen LogP contribution in [-0.2, 0) is 17.0 Å². The average Bonchev–Trinajstić information content (AvgIpc) is 3.56. The number of nitrogens with zero attached hydrogens (tertiary/aromatic N) is 4. The largest absolute Gasteiger partial charge is 0.459 e. The molecule has 0 amide bonds. The van der Waals surface area contributed by atoms with E-state index >= 15 is 0 Å². The van der Waals surface area contributed by atoms with Crippen LogP contribution in [0.3, 0.4) is 0 Å². The second kappa shape index (κ2) is 8.94. The van der Waals surface area contributed by atoms with Crippen LogP contribution in [0, 0.1) is 12.7 Å². The van der Waals surface area contributed by atoms with Crippen molar-refractivity contribution in [1.29, 1.82) is 0 Å². The second-order valence-corrected chi connectivity index (χ2v) is 9.20. The first-order chi connectivity index (χ1) is 15.2. The van der Waals surface area contributed by atoms with Gasteiger partial charge in [0, 0.05) is 23.3 Å². The molecule has 6 nitrogen and oxygen atoms in total. The summed E-state index contributed by atoms with van der Waals surface area (Å²) < 4.78 is 27.0. The van der Waals surface area contributed by atoms with E-state index in [1.54, 1.807) is 35.2 Å². The lowest BCUT2D eigenvalue weighted by atomic mass is 10.2. The fraction of sp³-hybridized carbons (Fsp3) is 0.318. The van der Waals surface area contributed by atoms with Crippen LogP contribution in [0.1, 0.15) is 24.3 Å². The Balaban J connectivity index is 1.37. The first-order valence-corrected chi connectivity index (χ1v) is 12.0. The smallest absolute Gasteiger partial charge is 0.191 e. The van der Waals surface area contributed by atoms with Crippen LogP contribution in [-0.4, -0.2) is 32.5 Å². The molecule has 1 saturated heterocycles. The van der Waals surface area contributed by atoms with Crippen molar-refractivity contribution in [2.45, 2.75) is 43.3 Å². The number of furan rings is 1. The van der Waals surface area contributed by atoms with Crippen LogP contribution in [0.25, 0.3) is 22.2 Å². The Bertz CT molecular complexity index is 1160. The molecule has 3 aromatic heterocycles. The molecule has 1 aromatic carbocycles. The van der Waals surface area contributed by atoms with Gasteiger partial charge in [-0.2, -0.15) is 0 Å². The predicted octanol–water partition coefficient (Wildman–Crippen LogP) is 5.58. The summed E-state index contributed by atoms with van der Waals surface area (Å²) in [5.41, 5.74) is 1.80. The van der Waals surface area contributed by atoms with E-state index in [-0.39, 0.29) is 11.9 Å². The number of ether oxygens (including phenoxy) is 1. The van der Waals surface area contributed by atoms with E-state index in [0.717, 1.165) is 58.2 Å². The summed E-state index contributed by atoms with van der Waals surface area (Å²) in [5.74, 6) is 2.79.